The molecule has 0 bridgehead atoms. The molecule has 1 atom stereocenters. The van der Waals surface area contributed by atoms with Gasteiger partial charge < -0.3 is 21.5 Å². The zero-order valence-electron chi connectivity index (χ0n) is 18.9. The summed E-state index contributed by atoms with van der Waals surface area (Å²) in [6, 6.07) is 5.59. The first kappa shape index (κ1) is 23.2. The summed E-state index contributed by atoms with van der Waals surface area (Å²) in [7, 11) is 0. The van der Waals surface area contributed by atoms with Crippen molar-refractivity contribution in [1.82, 2.24) is 9.97 Å². The molecule has 1 aromatic heterocycles. The lowest BCUT2D eigenvalue weighted by atomic mass is 9.69. The predicted molar refractivity (Wildman–Crippen MR) is 125 cm³/mol. The van der Waals surface area contributed by atoms with E-state index >= 15 is 0 Å². The van der Waals surface area contributed by atoms with E-state index in [1.807, 2.05) is 6.07 Å². The molecule has 0 amide bonds. The van der Waals surface area contributed by atoms with E-state index in [2.05, 4.69) is 16.8 Å². The van der Waals surface area contributed by atoms with Gasteiger partial charge in [0.2, 0.25) is 5.95 Å². The molecule has 5 N–H and O–H groups in total. The van der Waals surface area contributed by atoms with Crippen molar-refractivity contribution in [2.24, 2.45) is 11.5 Å². The summed E-state index contributed by atoms with van der Waals surface area (Å²) in [6.07, 6.45) is 7.52. The van der Waals surface area contributed by atoms with Crippen molar-refractivity contribution < 1.29 is 13.9 Å². The van der Waals surface area contributed by atoms with E-state index in [1.165, 1.54) is 18.2 Å². The second-order valence-electron chi connectivity index (χ2n) is 8.88. The highest BCUT2D eigenvalue weighted by Gasteiger charge is 2.39. The molecule has 1 aliphatic carbocycles. The van der Waals surface area contributed by atoms with E-state index in [1.54, 1.807) is 12.3 Å². The number of anilines is 1. The average molecular weight is 456 g/mol. The molecule has 33 heavy (non-hydrogen) atoms. The Morgan fingerprint density at radius 3 is 2.61 bits per heavy atom. The van der Waals surface area contributed by atoms with Crippen molar-refractivity contribution in [3.8, 4) is 0 Å². The highest BCUT2D eigenvalue weighted by atomic mass is 19.1. The van der Waals surface area contributed by atoms with Gasteiger partial charge in [0.15, 0.2) is 0 Å². The van der Waals surface area contributed by atoms with Gasteiger partial charge >= 0.3 is 0 Å². The van der Waals surface area contributed by atoms with Gasteiger partial charge in [0.25, 0.3) is 0 Å². The molecule has 1 saturated heterocycles. The smallest absolute Gasteiger partial charge is 0.225 e. The van der Waals surface area contributed by atoms with Gasteiger partial charge in [0.1, 0.15) is 11.6 Å². The van der Waals surface area contributed by atoms with Crippen molar-refractivity contribution in [3.63, 3.8) is 0 Å². The normalized spacial score (nSPS) is 22.7. The first-order valence-electron chi connectivity index (χ1n) is 11.5. The quantitative estimate of drug-likeness (QED) is 0.635. The van der Waals surface area contributed by atoms with E-state index in [4.69, 9.17) is 16.5 Å². The summed E-state index contributed by atoms with van der Waals surface area (Å²) in [4.78, 5) is 11.4. The van der Waals surface area contributed by atoms with Crippen LogP contribution in [-0.2, 0) is 5.41 Å². The number of aliphatic hydroxyl groups is 1. The van der Waals surface area contributed by atoms with Crippen LogP contribution in [0.1, 0.15) is 56.7 Å². The third kappa shape index (κ3) is 4.44. The molecule has 2 heterocycles. The number of allylic oxidation sites excluding steroid dienone is 3. The van der Waals surface area contributed by atoms with Crippen LogP contribution in [0.25, 0.3) is 5.70 Å². The molecule has 8 heteroatoms. The Labute approximate surface area is 193 Å². The Morgan fingerprint density at radius 1 is 1.24 bits per heavy atom. The largest absolute Gasteiger partial charge is 0.401 e. The molecule has 4 rings (SSSR count). The number of nitrogens with zero attached hydrogens (tertiary/aromatic N) is 3. The standard InChI is InChI=1S/C25H31F2N5O/c1-2-25(21-8-12-30-24(31-21)32-13-9-17(33)10-14-32)11-4-5-16(23(25)29)15-20(28)22-18(26)6-3-7-19(22)27/h3,6-8,12,15,17,33H,2,4-5,9-11,13-14,28-29H2,1H3/b20-15-. The summed E-state index contributed by atoms with van der Waals surface area (Å²) >= 11 is 0. The lowest BCUT2D eigenvalue weighted by Crippen LogP contribution is -2.39. The minimum Gasteiger partial charge on any atom is -0.401 e. The predicted octanol–water partition coefficient (Wildman–Crippen LogP) is 3.76. The van der Waals surface area contributed by atoms with Gasteiger partial charge in [0.05, 0.1) is 22.8 Å². The number of rotatable bonds is 5. The van der Waals surface area contributed by atoms with Gasteiger partial charge in [-0.25, -0.2) is 18.7 Å². The van der Waals surface area contributed by atoms with Crippen LogP contribution in [0.3, 0.4) is 0 Å². The Hall–Kier alpha value is -3.00. The maximum atomic E-state index is 14.2. The minimum atomic E-state index is -0.701. The fourth-order valence-corrected chi connectivity index (χ4v) is 4.99. The number of aromatic nitrogens is 2. The van der Waals surface area contributed by atoms with Crippen molar-refractivity contribution in [3.05, 3.63) is 70.7 Å². The van der Waals surface area contributed by atoms with Crippen LogP contribution in [0.15, 0.2) is 47.8 Å². The van der Waals surface area contributed by atoms with E-state index in [0.717, 1.165) is 30.5 Å². The molecule has 1 unspecified atom stereocenters. The number of hydrogen-bond acceptors (Lipinski definition) is 6. The van der Waals surface area contributed by atoms with E-state index in [0.29, 0.717) is 44.0 Å². The van der Waals surface area contributed by atoms with Gasteiger partial charge in [0, 0.05) is 30.7 Å². The number of hydrogen-bond donors (Lipinski definition) is 3. The van der Waals surface area contributed by atoms with Crippen molar-refractivity contribution in [2.45, 2.75) is 57.0 Å². The molecule has 0 radical (unpaired) electrons. The zero-order valence-corrected chi connectivity index (χ0v) is 18.9. The van der Waals surface area contributed by atoms with Gasteiger partial charge in [-0.1, -0.05) is 13.0 Å². The number of aliphatic hydroxyl groups excluding tert-OH is 1. The molecular weight excluding hydrogens is 424 g/mol. The second-order valence-corrected chi connectivity index (χ2v) is 8.88. The Balaban J connectivity index is 1.72. The van der Waals surface area contributed by atoms with Crippen LogP contribution in [0.2, 0.25) is 0 Å². The van der Waals surface area contributed by atoms with Crippen LogP contribution in [0.4, 0.5) is 14.7 Å². The fourth-order valence-electron chi connectivity index (χ4n) is 4.99. The third-order valence-electron chi connectivity index (χ3n) is 6.98. The maximum absolute atomic E-state index is 14.2. The summed E-state index contributed by atoms with van der Waals surface area (Å²) in [6.45, 7) is 3.47. The lowest BCUT2D eigenvalue weighted by Gasteiger charge is -2.38. The summed E-state index contributed by atoms with van der Waals surface area (Å²) in [5, 5.41) is 9.81. The molecule has 2 aliphatic rings. The molecule has 0 saturated carbocycles. The van der Waals surface area contributed by atoms with Crippen LogP contribution >= 0.6 is 0 Å². The monoisotopic (exact) mass is 455 g/mol. The number of piperidine rings is 1. The minimum absolute atomic E-state index is 0.0192. The first-order valence-corrected chi connectivity index (χ1v) is 11.5. The molecule has 0 spiro atoms. The third-order valence-corrected chi connectivity index (χ3v) is 6.98. The van der Waals surface area contributed by atoms with Crippen molar-refractivity contribution in [2.75, 3.05) is 18.0 Å². The summed E-state index contributed by atoms with van der Waals surface area (Å²) in [5.74, 6) is -0.768. The maximum Gasteiger partial charge on any atom is 0.225 e. The highest BCUT2D eigenvalue weighted by Crippen LogP contribution is 2.44. The molecule has 1 fully saturated rings. The van der Waals surface area contributed by atoms with Gasteiger partial charge in [-0.2, -0.15) is 0 Å². The molecular formula is C25H31F2N5O. The average Bonchev–Trinajstić information content (AvgIpc) is 2.81. The van der Waals surface area contributed by atoms with E-state index < -0.39 is 17.0 Å². The van der Waals surface area contributed by atoms with Crippen LogP contribution in [0, 0.1) is 11.6 Å². The highest BCUT2D eigenvalue weighted by molar-refractivity contribution is 5.67. The number of benzene rings is 1. The Bertz CT molecular complexity index is 1060. The fraction of sp³-hybridized carbons (Fsp3) is 0.440. The van der Waals surface area contributed by atoms with E-state index in [9.17, 15) is 13.9 Å². The molecule has 1 aromatic carbocycles. The number of nitrogens with two attached hydrogens (primary N) is 2. The molecule has 176 valence electrons. The first-order chi connectivity index (χ1) is 15.9. The molecule has 2 aromatic rings. The topological polar surface area (TPSA) is 101 Å². The lowest BCUT2D eigenvalue weighted by molar-refractivity contribution is 0.145. The van der Waals surface area contributed by atoms with Crippen LogP contribution in [-0.4, -0.2) is 34.3 Å². The van der Waals surface area contributed by atoms with E-state index in [-0.39, 0.29) is 17.4 Å². The summed E-state index contributed by atoms with van der Waals surface area (Å²) < 4.78 is 28.5. The van der Waals surface area contributed by atoms with Crippen LogP contribution < -0.4 is 16.4 Å². The zero-order chi connectivity index (χ0) is 23.6. The van der Waals surface area contributed by atoms with Gasteiger partial charge in [-0.3, -0.25) is 0 Å². The Morgan fingerprint density at radius 2 is 1.94 bits per heavy atom. The number of halogens is 2. The van der Waals surface area contributed by atoms with Gasteiger partial charge in [-0.05, 0) is 68.4 Å². The van der Waals surface area contributed by atoms with Gasteiger partial charge in [-0.15, -0.1) is 0 Å². The van der Waals surface area contributed by atoms with Crippen molar-refractivity contribution >= 4 is 11.6 Å². The molecule has 6 nitrogen and oxygen atoms in total. The molecule has 1 aliphatic heterocycles. The second kappa shape index (κ2) is 9.47. The SMILES string of the molecule is CCC1(c2ccnc(N3CCC(O)CC3)n2)CCCC(/C=C(\N)c2c(F)cccc2F)=C1N. The summed E-state index contributed by atoms with van der Waals surface area (Å²) in [5.41, 5.74) is 14.4. The van der Waals surface area contributed by atoms with Crippen LogP contribution in [0.5, 0.6) is 0 Å². The Kier molecular flexibility index (Phi) is 6.65. The van der Waals surface area contributed by atoms with Crippen molar-refractivity contribution in [1.29, 1.82) is 0 Å².